The van der Waals surface area contributed by atoms with Crippen molar-refractivity contribution >= 4 is 17.5 Å². The van der Waals surface area contributed by atoms with Crippen LogP contribution in [0.15, 0.2) is 30.3 Å². The maximum absolute atomic E-state index is 12.5. The molecule has 5 nitrogen and oxygen atoms in total. The van der Waals surface area contributed by atoms with Crippen molar-refractivity contribution in [3.63, 3.8) is 0 Å². The van der Waals surface area contributed by atoms with Crippen LogP contribution in [0.4, 0.5) is 5.69 Å². The fourth-order valence-corrected chi connectivity index (χ4v) is 2.71. The molecular formula is C16H22N2O3. The first-order valence-electron chi connectivity index (χ1n) is 7.15. The number of benzene rings is 1. The summed E-state index contributed by atoms with van der Waals surface area (Å²) in [6.07, 6.45) is 0.282. The molecular weight excluding hydrogens is 268 g/mol. The number of methoxy groups -OCH3 is 1. The van der Waals surface area contributed by atoms with Crippen LogP contribution < -0.4 is 4.90 Å². The number of carbonyl (C=O) groups is 2. The highest BCUT2D eigenvalue weighted by molar-refractivity contribution is 5.98. The van der Waals surface area contributed by atoms with Crippen LogP contribution in [-0.4, -0.2) is 50.1 Å². The minimum Gasteiger partial charge on any atom is -0.383 e. The third-order valence-electron chi connectivity index (χ3n) is 3.92. The Labute approximate surface area is 125 Å². The van der Waals surface area contributed by atoms with E-state index in [1.165, 1.54) is 0 Å². The van der Waals surface area contributed by atoms with Crippen molar-refractivity contribution in [2.45, 2.75) is 19.4 Å². The van der Waals surface area contributed by atoms with Gasteiger partial charge in [0.1, 0.15) is 0 Å². The molecule has 1 heterocycles. The minimum atomic E-state index is -0.276. The molecule has 114 valence electrons. The molecule has 5 heteroatoms. The van der Waals surface area contributed by atoms with Crippen LogP contribution in [0.2, 0.25) is 0 Å². The Morgan fingerprint density at radius 3 is 2.71 bits per heavy atom. The zero-order valence-electron chi connectivity index (χ0n) is 12.8. The lowest BCUT2D eigenvalue weighted by atomic mass is 10.1. The average molecular weight is 290 g/mol. The molecule has 1 aromatic rings. The van der Waals surface area contributed by atoms with E-state index in [1.54, 1.807) is 24.0 Å². The molecule has 2 atom stereocenters. The maximum atomic E-state index is 12.5. The number of hydrogen-bond acceptors (Lipinski definition) is 3. The van der Waals surface area contributed by atoms with E-state index in [-0.39, 0.29) is 30.2 Å². The number of carbonyl (C=O) groups excluding carboxylic acids is 2. The van der Waals surface area contributed by atoms with Crippen LogP contribution in [0.25, 0.3) is 0 Å². The molecule has 1 aromatic carbocycles. The Morgan fingerprint density at radius 2 is 2.10 bits per heavy atom. The summed E-state index contributed by atoms with van der Waals surface area (Å²) in [5.41, 5.74) is 0.846. The number of likely N-dealkylation sites (tertiary alicyclic amines) is 1. The second-order valence-corrected chi connectivity index (χ2v) is 5.48. The molecule has 21 heavy (non-hydrogen) atoms. The third kappa shape index (κ3) is 3.42. The number of para-hydroxylation sites is 1. The number of ether oxygens (including phenoxy) is 1. The lowest BCUT2D eigenvalue weighted by molar-refractivity contribution is -0.130. The highest BCUT2D eigenvalue weighted by atomic mass is 16.5. The van der Waals surface area contributed by atoms with Crippen molar-refractivity contribution in [2.75, 3.05) is 32.2 Å². The fourth-order valence-electron chi connectivity index (χ4n) is 2.71. The first kappa shape index (κ1) is 15.5. The standard InChI is InChI=1S/C16H22N2O3/c1-12(11-21-3)18-10-13(9-15(18)19)16(20)17(2)14-7-5-4-6-8-14/h4-8,12-13H,9-11H2,1-3H3. The van der Waals surface area contributed by atoms with Crippen molar-refractivity contribution in [2.24, 2.45) is 5.92 Å². The molecule has 0 aromatic heterocycles. The number of anilines is 1. The molecule has 0 radical (unpaired) electrons. The SMILES string of the molecule is COCC(C)N1CC(C(=O)N(C)c2ccccc2)CC1=O. The first-order valence-corrected chi connectivity index (χ1v) is 7.15. The van der Waals surface area contributed by atoms with E-state index in [4.69, 9.17) is 4.74 Å². The molecule has 0 N–H and O–H groups in total. The summed E-state index contributed by atoms with van der Waals surface area (Å²) in [6, 6.07) is 9.48. The van der Waals surface area contributed by atoms with Crippen molar-refractivity contribution < 1.29 is 14.3 Å². The molecule has 1 aliphatic rings. The van der Waals surface area contributed by atoms with E-state index < -0.39 is 0 Å². The van der Waals surface area contributed by atoms with Gasteiger partial charge in [-0.1, -0.05) is 18.2 Å². The topological polar surface area (TPSA) is 49.9 Å². The van der Waals surface area contributed by atoms with Crippen molar-refractivity contribution in [3.8, 4) is 0 Å². The van der Waals surface area contributed by atoms with E-state index in [2.05, 4.69) is 0 Å². The van der Waals surface area contributed by atoms with Gasteiger partial charge in [-0.25, -0.2) is 0 Å². The molecule has 0 saturated carbocycles. The zero-order chi connectivity index (χ0) is 15.4. The molecule has 0 bridgehead atoms. The van der Waals surface area contributed by atoms with E-state index in [0.717, 1.165) is 5.69 Å². The smallest absolute Gasteiger partial charge is 0.232 e. The van der Waals surface area contributed by atoms with Crippen LogP contribution in [0, 0.1) is 5.92 Å². The van der Waals surface area contributed by atoms with Crippen molar-refractivity contribution in [3.05, 3.63) is 30.3 Å². The monoisotopic (exact) mass is 290 g/mol. The van der Waals surface area contributed by atoms with Crippen LogP contribution >= 0.6 is 0 Å². The highest BCUT2D eigenvalue weighted by Crippen LogP contribution is 2.24. The van der Waals surface area contributed by atoms with Gasteiger partial charge in [-0.2, -0.15) is 0 Å². The largest absolute Gasteiger partial charge is 0.383 e. The van der Waals surface area contributed by atoms with Crippen LogP contribution in [0.5, 0.6) is 0 Å². The fraction of sp³-hybridized carbons (Fsp3) is 0.500. The predicted molar refractivity (Wildman–Crippen MR) is 81.0 cm³/mol. The zero-order valence-corrected chi connectivity index (χ0v) is 12.8. The molecule has 2 amide bonds. The summed E-state index contributed by atoms with van der Waals surface area (Å²) < 4.78 is 5.09. The molecule has 2 unspecified atom stereocenters. The van der Waals surface area contributed by atoms with Gasteiger partial charge in [-0.15, -0.1) is 0 Å². The molecule has 2 rings (SSSR count). The summed E-state index contributed by atoms with van der Waals surface area (Å²) >= 11 is 0. The number of hydrogen-bond donors (Lipinski definition) is 0. The Kier molecular flexibility index (Phi) is 4.96. The van der Waals surface area contributed by atoms with Crippen molar-refractivity contribution in [1.29, 1.82) is 0 Å². The van der Waals surface area contributed by atoms with Crippen LogP contribution in [-0.2, 0) is 14.3 Å². The van der Waals surface area contributed by atoms with E-state index in [1.807, 2.05) is 37.3 Å². The molecule has 0 aliphatic carbocycles. The second kappa shape index (κ2) is 6.72. The summed E-state index contributed by atoms with van der Waals surface area (Å²) in [6.45, 7) is 2.90. The van der Waals surface area contributed by atoms with Gasteiger partial charge < -0.3 is 14.5 Å². The quantitative estimate of drug-likeness (QED) is 0.826. The number of amides is 2. The Hall–Kier alpha value is -1.88. The predicted octanol–water partition coefficient (Wildman–Crippen LogP) is 1.53. The lowest BCUT2D eigenvalue weighted by Gasteiger charge is -2.25. The van der Waals surface area contributed by atoms with Gasteiger partial charge in [0, 0.05) is 32.8 Å². The Balaban J connectivity index is 2.03. The van der Waals surface area contributed by atoms with Crippen LogP contribution in [0.3, 0.4) is 0 Å². The minimum absolute atomic E-state index is 0.00216. The lowest BCUT2D eigenvalue weighted by Crippen LogP contribution is -2.39. The summed E-state index contributed by atoms with van der Waals surface area (Å²) in [4.78, 5) is 28.0. The molecule has 0 spiro atoms. The molecule has 1 aliphatic heterocycles. The highest BCUT2D eigenvalue weighted by Gasteiger charge is 2.37. The Bertz CT molecular complexity index is 504. The van der Waals surface area contributed by atoms with Crippen molar-refractivity contribution in [1.82, 2.24) is 4.90 Å². The van der Waals surface area contributed by atoms with E-state index >= 15 is 0 Å². The summed E-state index contributed by atoms with van der Waals surface area (Å²) in [7, 11) is 3.37. The van der Waals surface area contributed by atoms with Gasteiger partial charge in [0.25, 0.3) is 0 Å². The van der Waals surface area contributed by atoms with Gasteiger partial charge in [-0.05, 0) is 19.1 Å². The van der Waals surface area contributed by atoms with E-state index in [0.29, 0.717) is 13.2 Å². The van der Waals surface area contributed by atoms with Gasteiger partial charge in [0.05, 0.1) is 18.6 Å². The summed E-state index contributed by atoms with van der Waals surface area (Å²) in [5, 5.41) is 0. The normalized spacial score (nSPS) is 19.7. The van der Waals surface area contributed by atoms with Crippen LogP contribution in [0.1, 0.15) is 13.3 Å². The first-order chi connectivity index (χ1) is 10.0. The van der Waals surface area contributed by atoms with Gasteiger partial charge in [0.15, 0.2) is 0 Å². The summed E-state index contributed by atoms with van der Waals surface area (Å²) in [5.74, 6) is -0.261. The van der Waals surface area contributed by atoms with E-state index in [9.17, 15) is 9.59 Å². The molecule has 1 saturated heterocycles. The maximum Gasteiger partial charge on any atom is 0.232 e. The number of nitrogens with zero attached hydrogens (tertiary/aromatic N) is 2. The average Bonchev–Trinajstić information content (AvgIpc) is 2.89. The van der Waals surface area contributed by atoms with Gasteiger partial charge in [-0.3, -0.25) is 9.59 Å². The third-order valence-corrected chi connectivity index (χ3v) is 3.92. The number of rotatable bonds is 5. The second-order valence-electron chi connectivity index (χ2n) is 5.48. The molecule has 1 fully saturated rings. The van der Waals surface area contributed by atoms with Gasteiger partial charge >= 0.3 is 0 Å². The Morgan fingerprint density at radius 1 is 1.43 bits per heavy atom. The van der Waals surface area contributed by atoms with Gasteiger partial charge in [0.2, 0.25) is 11.8 Å².